The third kappa shape index (κ3) is 8.04. The molecule has 2 N–H and O–H groups in total. The van der Waals surface area contributed by atoms with E-state index in [1.165, 1.54) is 0 Å². The van der Waals surface area contributed by atoms with Crippen molar-refractivity contribution in [3.8, 4) is 5.75 Å². The molecule has 2 atom stereocenters. The summed E-state index contributed by atoms with van der Waals surface area (Å²) in [6.07, 6.45) is 5.08. The number of nitrogens with zero attached hydrogens (tertiary/aromatic N) is 1. The monoisotopic (exact) mass is 366 g/mol. The lowest BCUT2D eigenvalue weighted by Gasteiger charge is -2.29. The molecule has 1 aromatic heterocycles. The molecule has 2 unspecified atom stereocenters. The molecule has 1 heterocycles. The number of hydrogen-bond acceptors (Lipinski definition) is 5. The van der Waals surface area contributed by atoms with Crippen molar-refractivity contribution in [3.05, 3.63) is 24.0 Å². The molecule has 0 saturated heterocycles. The third-order valence-electron chi connectivity index (χ3n) is 4.07. The summed E-state index contributed by atoms with van der Waals surface area (Å²) in [4.78, 5) is 16.3. The number of amides is 1. The van der Waals surface area contributed by atoms with Gasteiger partial charge >= 0.3 is 6.09 Å². The Balaban J connectivity index is 2.71. The fourth-order valence-electron chi connectivity index (χ4n) is 2.54. The summed E-state index contributed by atoms with van der Waals surface area (Å²) in [5.74, 6) is 1.17. The van der Waals surface area contributed by atoms with Gasteiger partial charge in [0.25, 0.3) is 0 Å². The second-order valence-corrected chi connectivity index (χ2v) is 7.34. The zero-order chi connectivity index (χ0) is 19.6. The molecule has 0 spiro atoms. The predicted molar refractivity (Wildman–Crippen MR) is 102 cm³/mol. The molecular weight excluding hydrogens is 332 g/mol. The van der Waals surface area contributed by atoms with Gasteiger partial charge in [-0.05, 0) is 44.7 Å². The normalized spacial score (nSPS) is 13.8. The highest BCUT2D eigenvalue weighted by Gasteiger charge is 2.31. The van der Waals surface area contributed by atoms with Crippen LogP contribution in [-0.2, 0) is 4.74 Å². The van der Waals surface area contributed by atoms with Gasteiger partial charge in [0.1, 0.15) is 11.8 Å². The number of pyridine rings is 1. The molecule has 0 aliphatic heterocycles. The number of aromatic nitrogens is 1. The molecule has 0 radical (unpaired) electrons. The number of carbonyl (C=O) groups is 1. The Hall–Kier alpha value is -1.82. The molecule has 0 aliphatic carbocycles. The van der Waals surface area contributed by atoms with Gasteiger partial charge in [0, 0.05) is 0 Å². The molecule has 148 valence electrons. The average molecular weight is 367 g/mol. The summed E-state index contributed by atoms with van der Waals surface area (Å²) < 4.78 is 10.9. The van der Waals surface area contributed by atoms with E-state index in [2.05, 4.69) is 24.1 Å². The van der Waals surface area contributed by atoms with Crippen LogP contribution in [0.2, 0.25) is 0 Å². The van der Waals surface area contributed by atoms with Crippen LogP contribution >= 0.6 is 0 Å². The van der Waals surface area contributed by atoms with Crippen molar-refractivity contribution in [1.29, 1.82) is 0 Å². The number of nitrogens with one attached hydrogen (secondary N) is 1. The Kier molecular flexibility index (Phi) is 9.41. The van der Waals surface area contributed by atoms with E-state index >= 15 is 0 Å². The topological polar surface area (TPSA) is 80.7 Å². The van der Waals surface area contributed by atoms with Gasteiger partial charge in [-0.25, -0.2) is 4.79 Å². The summed E-state index contributed by atoms with van der Waals surface area (Å²) in [7, 11) is 0. The minimum Gasteiger partial charge on any atom is -0.492 e. The van der Waals surface area contributed by atoms with Gasteiger partial charge in [-0.15, -0.1) is 0 Å². The predicted octanol–water partition coefficient (Wildman–Crippen LogP) is 4.23. The minimum absolute atomic E-state index is 0.358. The fourth-order valence-corrected chi connectivity index (χ4v) is 2.54. The molecule has 6 nitrogen and oxygen atoms in total. The molecule has 26 heavy (non-hydrogen) atoms. The van der Waals surface area contributed by atoms with Gasteiger partial charge in [0.2, 0.25) is 0 Å². The van der Waals surface area contributed by atoms with E-state index in [-0.39, 0.29) is 0 Å². The molecule has 0 saturated carbocycles. The maximum Gasteiger partial charge on any atom is 0.407 e. The Morgan fingerprint density at radius 2 is 2.04 bits per heavy atom. The molecule has 0 aromatic carbocycles. The second kappa shape index (κ2) is 11.0. The van der Waals surface area contributed by atoms with E-state index < -0.39 is 17.7 Å². The van der Waals surface area contributed by atoms with Crippen LogP contribution in [0.3, 0.4) is 0 Å². The highest BCUT2D eigenvalue weighted by atomic mass is 16.5. The van der Waals surface area contributed by atoms with E-state index in [0.717, 1.165) is 25.7 Å². The van der Waals surface area contributed by atoms with E-state index in [9.17, 15) is 9.90 Å². The lowest BCUT2D eigenvalue weighted by atomic mass is 9.95. The van der Waals surface area contributed by atoms with Crippen molar-refractivity contribution in [1.82, 2.24) is 10.3 Å². The summed E-state index contributed by atoms with van der Waals surface area (Å²) in [5, 5.41) is 13.1. The minimum atomic E-state index is -1.19. The van der Waals surface area contributed by atoms with Gasteiger partial charge in [-0.1, -0.05) is 33.6 Å². The van der Waals surface area contributed by atoms with Crippen molar-refractivity contribution < 1.29 is 19.4 Å². The Labute approximate surface area is 157 Å². The summed E-state index contributed by atoms with van der Waals surface area (Å²) in [5.41, 5.74) is -0.631. The number of unbranched alkanes of at least 4 members (excludes halogenated alkanes) is 1. The zero-order valence-corrected chi connectivity index (χ0v) is 16.7. The SMILES string of the molecule is CCCCOC(=O)NC(c1ccc(OCC(C)CCC)cn1)C(C)(C)O. The van der Waals surface area contributed by atoms with Crippen molar-refractivity contribution in [2.24, 2.45) is 5.92 Å². The van der Waals surface area contributed by atoms with Crippen molar-refractivity contribution in [2.75, 3.05) is 13.2 Å². The summed E-state index contributed by atoms with van der Waals surface area (Å²) in [6.45, 7) is 10.6. The van der Waals surface area contributed by atoms with Gasteiger partial charge in [0.15, 0.2) is 0 Å². The van der Waals surface area contributed by atoms with Crippen molar-refractivity contribution in [2.45, 2.75) is 71.9 Å². The molecule has 0 aliphatic rings. The average Bonchev–Trinajstić information content (AvgIpc) is 2.58. The van der Waals surface area contributed by atoms with Gasteiger partial charge in [-0.2, -0.15) is 0 Å². The number of rotatable bonds is 11. The fraction of sp³-hybridized carbons (Fsp3) is 0.700. The Morgan fingerprint density at radius 3 is 2.58 bits per heavy atom. The van der Waals surface area contributed by atoms with Crippen LogP contribution in [0.15, 0.2) is 18.3 Å². The van der Waals surface area contributed by atoms with Crippen molar-refractivity contribution >= 4 is 6.09 Å². The number of alkyl carbamates (subject to hydrolysis) is 1. The van der Waals surface area contributed by atoms with Gasteiger partial charge in [0.05, 0.1) is 30.7 Å². The van der Waals surface area contributed by atoms with Gasteiger partial charge < -0.3 is 19.9 Å². The van der Waals surface area contributed by atoms with Crippen LogP contribution in [0.4, 0.5) is 4.79 Å². The third-order valence-corrected chi connectivity index (χ3v) is 4.07. The van der Waals surface area contributed by atoms with Crippen molar-refractivity contribution in [3.63, 3.8) is 0 Å². The molecule has 6 heteroatoms. The first-order valence-electron chi connectivity index (χ1n) is 9.52. The van der Waals surface area contributed by atoms with E-state index in [1.54, 1.807) is 26.1 Å². The first-order valence-corrected chi connectivity index (χ1v) is 9.52. The smallest absolute Gasteiger partial charge is 0.407 e. The summed E-state index contributed by atoms with van der Waals surface area (Å²) in [6, 6.07) is 2.89. The molecule has 1 aromatic rings. The Morgan fingerprint density at radius 1 is 1.31 bits per heavy atom. The van der Waals surface area contributed by atoms with Crippen LogP contribution in [-0.4, -0.2) is 35.0 Å². The number of hydrogen-bond donors (Lipinski definition) is 2. The standard InChI is InChI=1S/C20H34N2O4/c1-6-8-12-25-19(23)22-18(20(4,5)24)17-11-10-16(13-21-17)26-14-15(3)9-7-2/h10-11,13,15,18,24H,6-9,12,14H2,1-5H3,(H,22,23). The lowest BCUT2D eigenvalue weighted by molar-refractivity contribution is 0.0322. The first-order chi connectivity index (χ1) is 12.3. The highest BCUT2D eigenvalue weighted by Crippen LogP contribution is 2.25. The Bertz CT molecular complexity index is 526. The molecule has 1 amide bonds. The summed E-state index contributed by atoms with van der Waals surface area (Å²) >= 11 is 0. The largest absolute Gasteiger partial charge is 0.492 e. The molecule has 0 fully saturated rings. The molecular formula is C20H34N2O4. The number of ether oxygens (including phenoxy) is 2. The van der Waals surface area contributed by atoms with Crippen LogP contribution in [0.5, 0.6) is 5.75 Å². The first kappa shape index (κ1) is 22.2. The van der Waals surface area contributed by atoms with E-state index in [0.29, 0.717) is 30.6 Å². The van der Waals surface area contributed by atoms with Crippen LogP contribution < -0.4 is 10.1 Å². The second-order valence-electron chi connectivity index (χ2n) is 7.34. The maximum absolute atomic E-state index is 12.0. The zero-order valence-electron chi connectivity index (χ0n) is 16.7. The molecule has 0 bridgehead atoms. The number of aliphatic hydroxyl groups is 1. The quantitative estimate of drug-likeness (QED) is 0.573. The van der Waals surface area contributed by atoms with E-state index in [1.807, 2.05) is 13.0 Å². The van der Waals surface area contributed by atoms with Crippen LogP contribution in [0.25, 0.3) is 0 Å². The number of carbonyl (C=O) groups excluding carboxylic acids is 1. The lowest BCUT2D eigenvalue weighted by Crippen LogP contribution is -2.42. The van der Waals surface area contributed by atoms with Crippen LogP contribution in [0.1, 0.15) is 72.0 Å². The highest BCUT2D eigenvalue weighted by molar-refractivity contribution is 5.68. The van der Waals surface area contributed by atoms with E-state index in [4.69, 9.17) is 9.47 Å². The van der Waals surface area contributed by atoms with Crippen LogP contribution in [0, 0.1) is 5.92 Å². The maximum atomic E-state index is 12.0. The molecule has 1 rings (SSSR count). The van der Waals surface area contributed by atoms with Gasteiger partial charge in [-0.3, -0.25) is 4.98 Å².